The van der Waals surface area contributed by atoms with E-state index in [4.69, 9.17) is 0 Å². The molecule has 1 aliphatic heterocycles. The van der Waals surface area contributed by atoms with E-state index in [9.17, 15) is 8.42 Å². The molecule has 3 aromatic carbocycles. The standard InChI is InChI=1S/C26H31N3O2S/c1-20-8-14-25(15-9-20)32(30,31)27-18-26(22-10-12-24(13-11-22)28(2)3)29-17-16-21-6-4-5-7-23(21)19-29/h4-15,26-27H,16-19H2,1-3H3/t26-/m0/s1. The topological polar surface area (TPSA) is 52.7 Å². The van der Waals surface area contributed by atoms with Crippen LogP contribution >= 0.6 is 0 Å². The Labute approximate surface area is 191 Å². The Morgan fingerprint density at radius 2 is 1.59 bits per heavy atom. The third kappa shape index (κ3) is 5.04. The van der Waals surface area contributed by atoms with E-state index in [-0.39, 0.29) is 6.04 Å². The lowest BCUT2D eigenvalue weighted by atomic mass is 9.96. The van der Waals surface area contributed by atoms with Crippen LogP contribution in [0.4, 0.5) is 5.69 Å². The van der Waals surface area contributed by atoms with Crippen molar-refractivity contribution < 1.29 is 8.42 Å². The fourth-order valence-corrected chi connectivity index (χ4v) is 5.26. The van der Waals surface area contributed by atoms with Crippen molar-refractivity contribution in [3.05, 3.63) is 95.1 Å². The van der Waals surface area contributed by atoms with E-state index in [0.717, 1.165) is 36.3 Å². The number of aryl methyl sites for hydroxylation is 1. The number of hydrogen-bond acceptors (Lipinski definition) is 4. The summed E-state index contributed by atoms with van der Waals surface area (Å²) in [5, 5.41) is 0. The highest BCUT2D eigenvalue weighted by Crippen LogP contribution is 2.29. The maximum Gasteiger partial charge on any atom is 0.240 e. The molecule has 0 fully saturated rings. The summed E-state index contributed by atoms with van der Waals surface area (Å²) in [6, 6.07) is 23.8. The fourth-order valence-electron chi connectivity index (χ4n) is 4.23. The van der Waals surface area contributed by atoms with Gasteiger partial charge in [-0.15, -0.1) is 0 Å². The highest BCUT2D eigenvalue weighted by Gasteiger charge is 2.26. The zero-order chi connectivity index (χ0) is 22.7. The number of hydrogen-bond donors (Lipinski definition) is 1. The Morgan fingerprint density at radius 1 is 0.938 bits per heavy atom. The van der Waals surface area contributed by atoms with Crippen LogP contribution in [0, 0.1) is 6.92 Å². The third-order valence-electron chi connectivity index (χ3n) is 6.19. The minimum atomic E-state index is -3.59. The maximum absolute atomic E-state index is 13.0. The molecule has 1 heterocycles. The van der Waals surface area contributed by atoms with Crippen molar-refractivity contribution in [2.45, 2.75) is 30.8 Å². The van der Waals surface area contributed by atoms with Crippen molar-refractivity contribution in [2.75, 3.05) is 32.1 Å². The van der Waals surface area contributed by atoms with Gasteiger partial charge in [-0.3, -0.25) is 4.90 Å². The quantitative estimate of drug-likeness (QED) is 0.589. The van der Waals surface area contributed by atoms with Crippen LogP contribution in [0.1, 0.15) is 28.3 Å². The van der Waals surface area contributed by atoms with Gasteiger partial charge in [0.1, 0.15) is 0 Å². The molecule has 0 unspecified atom stereocenters. The summed E-state index contributed by atoms with van der Waals surface area (Å²) >= 11 is 0. The first-order chi connectivity index (χ1) is 15.3. The Balaban J connectivity index is 1.59. The van der Waals surface area contributed by atoms with Gasteiger partial charge in [-0.25, -0.2) is 13.1 Å². The van der Waals surface area contributed by atoms with Gasteiger partial charge in [0.2, 0.25) is 10.0 Å². The molecule has 0 amide bonds. The molecular weight excluding hydrogens is 418 g/mol. The second-order valence-electron chi connectivity index (χ2n) is 8.66. The highest BCUT2D eigenvalue weighted by atomic mass is 32.2. The predicted molar refractivity (Wildman–Crippen MR) is 130 cm³/mol. The van der Waals surface area contributed by atoms with Gasteiger partial charge in [0.15, 0.2) is 0 Å². The molecule has 32 heavy (non-hydrogen) atoms. The first-order valence-electron chi connectivity index (χ1n) is 11.0. The van der Waals surface area contributed by atoms with Gasteiger partial charge in [0, 0.05) is 45.5 Å². The van der Waals surface area contributed by atoms with E-state index in [1.54, 1.807) is 12.1 Å². The van der Waals surface area contributed by atoms with E-state index < -0.39 is 10.0 Å². The number of anilines is 1. The van der Waals surface area contributed by atoms with Crippen LogP contribution in [0.3, 0.4) is 0 Å². The Morgan fingerprint density at radius 3 is 2.25 bits per heavy atom. The van der Waals surface area contributed by atoms with Gasteiger partial charge in [-0.05, 0) is 54.3 Å². The average Bonchev–Trinajstić information content (AvgIpc) is 2.79. The minimum absolute atomic E-state index is 0.0557. The first-order valence-corrected chi connectivity index (χ1v) is 12.5. The van der Waals surface area contributed by atoms with Gasteiger partial charge >= 0.3 is 0 Å². The lowest BCUT2D eigenvalue weighted by Gasteiger charge is -2.36. The number of sulfonamides is 1. The molecule has 0 bridgehead atoms. The van der Waals surface area contributed by atoms with Crippen LogP contribution in [0.25, 0.3) is 0 Å². The van der Waals surface area contributed by atoms with Crippen LogP contribution in [-0.4, -0.2) is 40.5 Å². The Kier molecular flexibility index (Phi) is 6.65. The molecule has 0 saturated heterocycles. The van der Waals surface area contributed by atoms with Gasteiger partial charge in [-0.2, -0.15) is 0 Å². The summed E-state index contributed by atoms with van der Waals surface area (Å²) < 4.78 is 28.8. The monoisotopic (exact) mass is 449 g/mol. The van der Waals surface area contributed by atoms with Gasteiger partial charge in [-0.1, -0.05) is 54.1 Å². The molecule has 5 nitrogen and oxygen atoms in total. The van der Waals surface area contributed by atoms with Crippen LogP contribution < -0.4 is 9.62 Å². The lowest BCUT2D eigenvalue weighted by Crippen LogP contribution is -2.40. The van der Waals surface area contributed by atoms with Crippen molar-refractivity contribution >= 4 is 15.7 Å². The molecule has 0 radical (unpaired) electrons. The van der Waals surface area contributed by atoms with Crippen molar-refractivity contribution in [2.24, 2.45) is 0 Å². The first kappa shape index (κ1) is 22.5. The van der Waals surface area contributed by atoms with E-state index in [2.05, 4.69) is 63.1 Å². The van der Waals surface area contributed by atoms with Crippen molar-refractivity contribution in [3.8, 4) is 0 Å². The van der Waals surface area contributed by atoms with Crippen molar-refractivity contribution in [3.63, 3.8) is 0 Å². The largest absolute Gasteiger partial charge is 0.378 e. The molecule has 1 N–H and O–H groups in total. The predicted octanol–water partition coefficient (Wildman–Crippen LogP) is 4.14. The van der Waals surface area contributed by atoms with Crippen LogP contribution in [0.5, 0.6) is 0 Å². The lowest BCUT2D eigenvalue weighted by molar-refractivity contribution is 0.180. The van der Waals surface area contributed by atoms with Gasteiger partial charge in [0.25, 0.3) is 0 Å². The molecule has 0 aromatic heterocycles. The molecule has 6 heteroatoms. The third-order valence-corrected chi connectivity index (χ3v) is 7.63. The summed E-state index contributed by atoms with van der Waals surface area (Å²) in [5.41, 5.74) is 5.97. The van der Waals surface area contributed by atoms with Crippen molar-refractivity contribution in [1.82, 2.24) is 9.62 Å². The molecular formula is C26H31N3O2S. The number of rotatable bonds is 7. The van der Waals surface area contributed by atoms with Gasteiger partial charge < -0.3 is 4.90 Å². The van der Waals surface area contributed by atoms with Crippen LogP contribution in [-0.2, 0) is 23.0 Å². The summed E-state index contributed by atoms with van der Waals surface area (Å²) in [6.07, 6.45) is 0.965. The molecule has 0 saturated carbocycles. The van der Waals surface area contributed by atoms with Crippen LogP contribution in [0.15, 0.2) is 77.7 Å². The number of benzene rings is 3. The number of nitrogens with zero attached hydrogens (tertiary/aromatic N) is 2. The zero-order valence-electron chi connectivity index (χ0n) is 19.0. The molecule has 1 atom stereocenters. The molecule has 1 aliphatic rings. The van der Waals surface area contributed by atoms with E-state index in [1.807, 2.05) is 33.2 Å². The normalized spacial score (nSPS) is 15.2. The number of nitrogens with one attached hydrogen (secondary N) is 1. The molecule has 0 aliphatic carbocycles. The summed E-state index contributed by atoms with van der Waals surface area (Å²) in [7, 11) is 0.449. The van der Waals surface area contributed by atoms with E-state index >= 15 is 0 Å². The van der Waals surface area contributed by atoms with Crippen LogP contribution in [0.2, 0.25) is 0 Å². The molecule has 4 rings (SSSR count). The van der Waals surface area contributed by atoms with E-state index in [0.29, 0.717) is 11.4 Å². The van der Waals surface area contributed by atoms with Crippen molar-refractivity contribution in [1.29, 1.82) is 0 Å². The molecule has 3 aromatic rings. The SMILES string of the molecule is Cc1ccc(S(=O)(=O)NC[C@@H](c2ccc(N(C)C)cc2)N2CCc3ccccc3C2)cc1. The van der Waals surface area contributed by atoms with Gasteiger partial charge in [0.05, 0.1) is 4.90 Å². The smallest absolute Gasteiger partial charge is 0.240 e. The second kappa shape index (κ2) is 9.45. The maximum atomic E-state index is 13.0. The summed E-state index contributed by atoms with van der Waals surface area (Å²) in [5.74, 6) is 0. The summed E-state index contributed by atoms with van der Waals surface area (Å²) in [4.78, 5) is 4.74. The average molecular weight is 450 g/mol. The number of fused-ring (bicyclic) bond motifs is 1. The second-order valence-corrected chi connectivity index (χ2v) is 10.4. The zero-order valence-corrected chi connectivity index (χ0v) is 19.8. The molecule has 0 spiro atoms. The Hall–Kier alpha value is -2.67. The Bertz CT molecular complexity index is 1160. The summed E-state index contributed by atoms with van der Waals surface area (Å²) in [6.45, 7) is 3.97. The highest BCUT2D eigenvalue weighted by molar-refractivity contribution is 7.89. The minimum Gasteiger partial charge on any atom is -0.378 e. The van der Waals surface area contributed by atoms with E-state index in [1.165, 1.54) is 11.1 Å². The fraction of sp³-hybridized carbons (Fsp3) is 0.308. The molecule has 168 valence electrons.